The number of anilines is 1. The molecule has 0 heterocycles. The summed E-state index contributed by atoms with van der Waals surface area (Å²) in [5.41, 5.74) is 4.47. The summed E-state index contributed by atoms with van der Waals surface area (Å²) >= 11 is 0. The Hall–Kier alpha value is -2.09. The smallest absolute Gasteiger partial charge is 0.231 e. The van der Waals surface area contributed by atoms with E-state index in [2.05, 4.69) is 56.4 Å². The third-order valence-electron chi connectivity index (χ3n) is 4.17. The second-order valence-corrected chi connectivity index (χ2v) is 6.56. The van der Waals surface area contributed by atoms with Crippen molar-refractivity contribution in [2.24, 2.45) is 5.92 Å². The minimum Gasteiger partial charge on any atom is -0.325 e. The van der Waals surface area contributed by atoms with Gasteiger partial charge in [0, 0.05) is 5.69 Å². The fourth-order valence-electron chi connectivity index (χ4n) is 2.76. The number of nitrogens with one attached hydrogen (secondary N) is 1. The predicted molar refractivity (Wildman–Crippen MR) is 97.8 cm³/mol. The molecule has 1 unspecified atom stereocenters. The molecular weight excluding hydrogens is 282 g/mol. The van der Waals surface area contributed by atoms with E-state index in [9.17, 15) is 4.79 Å². The molecule has 2 heteroatoms. The van der Waals surface area contributed by atoms with Gasteiger partial charge in [-0.05, 0) is 48.4 Å². The normalized spacial score (nSPS) is 12.2. The minimum absolute atomic E-state index is 0.0440. The lowest BCUT2D eigenvalue weighted by Gasteiger charge is -2.15. The van der Waals surface area contributed by atoms with Crippen molar-refractivity contribution in [2.45, 2.75) is 46.5 Å². The number of carbonyl (C=O) groups excluding carboxylic acids is 1. The van der Waals surface area contributed by atoms with Gasteiger partial charge in [-0.3, -0.25) is 4.79 Å². The molecule has 0 aromatic heterocycles. The second-order valence-electron chi connectivity index (χ2n) is 6.56. The Morgan fingerprint density at radius 1 is 1.00 bits per heavy atom. The molecule has 2 rings (SSSR count). The zero-order valence-electron chi connectivity index (χ0n) is 14.6. The van der Waals surface area contributed by atoms with Crippen LogP contribution < -0.4 is 5.32 Å². The number of benzene rings is 2. The zero-order valence-corrected chi connectivity index (χ0v) is 14.6. The van der Waals surface area contributed by atoms with E-state index in [4.69, 9.17) is 0 Å². The first kappa shape index (κ1) is 17.3. The average molecular weight is 309 g/mol. The molecule has 2 aromatic carbocycles. The summed E-state index contributed by atoms with van der Waals surface area (Å²) in [6, 6.07) is 16.4. The summed E-state index contributed by atoms with van der Waals surface area (Å²) in [7, 11) is 0. The zero-order chi connectivity index (χ0) is 16.8. The molecule has 122 valence electrons. The van der Waals surface area contributed by atoms with E-state index in [1.165, 1.54) is 11.1 Å². The van der Waals surface area contributed by atoms with E-state index in [-0.39, 0.29) is 11.8 Å². The minimum atomic E-state index is -0.159. The summed E-state index contributed by atoms with van der Waals surface area (Å²) in [5, 5.41) is 3.07. The van der Waals surface area contributed by atoms with Gasteiger partial charge >= 0.3 is 0 Å². The molecule has 23 heavy (non-hydrogen) atoms. The molecule has 2 aromatic rings. The number of carbonyl (C=O) groups is 1. The third kappa shape index (κ3) is 4.69. The van der Waals surface area contributed by atoms with E-state index in [1.807, 2.05) is 25.1 Å². The molecule has 0 fully saturated rings. The molecular formula is C21H27NO. The number of hydrogen-bond acceptors (Lipinski definition) is 1. The average Bonchev–Trinajstić information content (AvgIpc) is 2.55. The van der Waals surface area contributed by atoms with Gasteiger partial charge in [0.05, 0.1) is 5.92 Å². The lowest BCUT2D eigenvalue weighted by atomic mass is 9.96. The van der Waals surface area contributed by atoms with E-state index < -0.39 is 0 Å². The Morgan fingerprint density at radius 2 is 1.65 bits per heavy atom. The van der Waals surface area contributed by atoms with Gasteiger partial charge in [0.2, 0.25) is 5.91 Å². The SMILES string of the molecule is CCc1ccccc1NC(=O)C(C)c1ccc(CC(C)C)cc1. The third-order valence-corrected chi connectivity index (χ3v) is 4.17. The summed E-state index contributed by atoms with van der Waals surface area (Å²) in [6.07, 6.45) is 1.99. The van der Waals surface area contributed by atoms with Gasteiger partial charge in [0.1, 0.15) is 0 Å². The maximum Gasteiger partial charge on any atom is 0.231 e. The van der Waals surface area contributed by atoms with Crippen LogP contribution in [-0.2, 0) is 17.6 Å². The lowest BCUT2D eigenvalue weighted by Crippen LogP contribution is -2.19. The molecule has 1 N–H and O–H groups in total. The van der Waals surface area contributed by atoms with E-state index in [1.54, 1.807) is 0 Å². The predicted octanol–water partition coefficient (Wildman–Crippen LogP) is 5.19. The van der Waals surface area contributed by atoms with Crippen LogP contribution in [0.3, 0.4) is 0 Å². The van der Waals surface area contributed by atoms with Crippen LogP contribution in [0.15, 0.2) is 48.5 Å². The van der Waals surface area contributed by atoms with Crippen LogP contribution in [0.1, 0.15) is 50.3 Å². The van der Waals surface area contributed by atoms with Crippen LogP contribution >= 0.6 is 0 Å². The highest BCUT2D eigenvalue weighted by molar-refractivity contribution is 5.96. The molecule has 0 radical (unpaired) electrons. The van der Waals surface area contributed by atoms with Crippen molar-refractivity contribution in [1.82, 2.24) is 0 Å². The van der Waals surface area contributed by atoms with Crippen LogP contribution in [0.2, 0.25) is 0 Å². The van der Waals surface area contributed by atoms with Crippen LogP contribution in [0.5, 0.6) is 0 Å². The molecule has 0 saturated carbocycles. The largest absolute Gasteiger partial charge is 0.325 e. The Morgan fingerprint density at radius 3 is 2.26 bits per heavy atom. The molecule has 0 spiro atoms. The Balaban J connectivity index is 2.07. The second kappa shape index (κ2) is 7.96. The Bertz CT molecular complexity index is 643. The van der Waals surface area contributed by atoms with Crippen molar-refractivity contribution in [3.05, 3.63) is 65.2 Å². The van der Waals surface area contributed by atoms with Gasteiger partial charge in [0.15, 0.2) is 0 Å². The van der Waals surface area contributed by atoms with Crippen LogP contribution in [0.4, 0.5) is 5.69 Å². The molecule has 0 aliphatic rings. The van der Waals surface area contributed by atoms with Crippen molar-refractivity contribution in [2.75, 3.05) is 5.32 Å². The Kier molecular flexibility index (Phi) is 5.97. The number of rotatable bonds is 6. The summed E-state index contributed by atoms with van der Waals surface area (Å²) in [5.74, 6) is 0.530. The number of hydrogen-bond donors (Lipinski definition) is 1. The maximum absolute atomic E-state index is 12.5. The molecule has 2 nitrogen and oxygen atoms in total. The highest BCUT2D eigenvalue weighted by atomic mass is 16.1. The van der Waals surface area contributed by atoms with Gasteiger partial charge in [0.25, 0.3) is 0 Å². The lowest BCUT2D eigenvalue weighted by molar-refractivity contribution is -0.117. The van der Waals surface area contributed by atoms with Crippen molar-refractivity contribution >= 4 is 11.6 Å². The van der Waals surface area contributed by atoms with Gasteiger partial charge in [-0.2, -0.15) is 0 Å². The van der Waals surface area contributed by atoms with Gasteiger partial charge in [-0.1, -0.05) is 63.2 Å². The monoisotopic (exact) mass is 309 g/mol. The summed E-state index contributed by atoms with van der Waals surface area (Å²) < 4.78 is 0. The molecule has 0 aliphatic heterocycles. The fraction of sp³-hybridized carbons (Fsp3) is 0.381. The maximum atomic E-state index is 12.5. The summed E-state index contributed by atoms with van der Waals surface area (Å²) in [4.78, 5) is 12.5. The first-order valence-corrected chi connectivity index (χ1v) is 8.48. The first-order valence-electron chi connectivity index (χ1n) is 8.48. The van der Waals surface area contributed by atoms with Crippen LogP contribution in [0, 0.1) is 5.92 Å². The van der Waals surface area contributed by atoms with Gasteiger partial charge in [-0.25, -0.2) is 0 Å². The number of para-hydroxylation sites is 1. The van der Waals surface area contributed by atoms with Gasteiger partial charge in [-0.15, -0.1) is 0 Å². The number of aryl methyl sites for hydroxylation is 1. The molecule has 0 aliphatic carbocycles. The van der Waals surface area contributed by atoms with Crippen molar-refractivity contribution in [3.63, 3.8) is 0 Å². The van der Waals surface area contributed by atoms with E-state index in [0.29, 0.717) is 5.92 Å². The molecule has 1 atom stereocenters. The van der Waals surface area contributed by atoms with Crippen molar-refractivity contribution < 1.29 is 4.79 Å². The highest BCUT2D eigenvalue weighted by Gasteiger charge is 2.16. The van der Waals surface area contributed by atoms with Crippen molar-refractivity contribution in [3.8, 4) is 0 Å². The molecule has 0 saturated heterocycles. The topological polar surface area (TPSA) is 29.1 Å². The Labute approximate surface area is 139 Å². The first-order chi connectivity index (χ1) is 11.0. The van der Waals surface area contributed by atoms with Crippen LogP contribution in [0.25, 0.3) is 0 Å². The van der Waals surface area contributed by atoms with Crippen molar-refractivity contribution in [1.29, 1.82) is 0 Å². The van der Waals surface area contributed by atoms with E-state index in [0.717, 1.165) is 24.1 Å². The molecule has 1 amide bonds. The molecule has 0 bridgehead atoms. The summed E-state index contributed by atoms with van der Waals surface area (Å²) in [6.45, 7) is 8.49. The van der Waals surface area contributed by atoms with Gasteiger partial charge < -0.3 is 5.32 Å². The van der Waals surface area contributed by atoms with Crippen LogP contribution in [-0.4, -0.2) is 5.91 Å². The van der Waals surface area contributed by atoms with E-state index >= 15 is 0 Å². The highest BCUT2D eigenvalue weighted by Crippen LogP contribution is 2.21. The number of amides is 1. The fourth-order valence-corrected chi connectivity index (χ4v) is 2.76. The standard InChI is InChI=1S/C21H27NO/c1-5-18-8-6-7-9-20(18)22-21(23)16(4)19-12-10-17(11-13-19)14-15(2)3/h6-13,15-16H,5,14H2,1-4H3,(H,22,23). The quantitative estimate of drug-likeness (QED) is 0.781.